The van der Waals surface area contributed by atoms with E-state index in [0.717, 1.165) is 44.0 Å². The number of benzene rings is 1. The van der Waals surface area contributed by atoms with Crippen molar-refractivity contribution in [1.29, 1.82) is 0 Å². The number of anilines is 1. The van der Waals surface area contributed by atoms with Crippen LogP contribution in [0.5, 0.6) is 0 Å². The lowest BCUT2D eigenvalue weighted by atomic mass is 10.0. The Morgan fingerprint density at radius 1 is 1.48 bits per heavy atom. The first-order valence-electron chi connectivity index (χ1n) is 8.00. The normalized spacial score (nSPS) is 20.6. The molecule has 1 aliphatic rings. The maximum Gasteiger partial charge on any atom is 0.0750 e. The number of hydrogen-bond acceptors (Lipinski definition) is 3. The van der Waals surface area contributed by atoms with Gasteiger partial charge in [0.2, 0.25) is 0 Å². The Morgan fingerprint density at radius 3 is 3.00 bits per heavy atom. The van der Waals surface area contributed by atoms with Gasteiger partial charge in [0.15, 0.2) is 0 Å². The number of nitrogens with zero attached hydrogens (tertiary/aromatic N) is 1. The number of piperidine rings is 1. The van der Waals surface area contributed by atoms with Crippen molar-refractivity contribution < 1.29 is 4.74 Å². The summed E-state index contributed by atoms with van der Waals surface area (Å²) in [5, 5.41) is 0.787. The van der Waals surface area contributed by atoms with Gasteiger partial charge in [-0.1, -0.05) is 24.6 Å². The molecule has 2 N–H and O–H groups in total. The zero-order chi connectivity index (χ0) is 15.2. The lowest BCUT2D eigenvalue weighted by Gasteiger charge is -2.35. The first-order chi connectivity index (χ1) is 10.1. The van der Waals surface area contributed by atoms with Crippen LogP contribution >= 0.6 is 11.6 Å². The first kappa shape index (κ1) is 16.6. The summed E-state index contributed by atoms with van der Waals surface area (Å²) in [4.78, 5) is 2.41. The van der Waals surface area contributed by atoms with Crippen LogP contribution in [0.4, 0.5) is 5.69 Å². The molecule has 1 aromatic carbocycles. The minimum absolute atomic E-state index is 0.154. The van der Waals surface area contributed by atoms with E-state index in [1.54, 1.807) is 0 Å². The third-order valence-electron chi connectivity index (χ3n) is 3.87. The summed E-state index contributed by atoms with van der Waals surface area (Å²) in [5.41, 5.74) is 8.49. The van der Waals surface area contributed by atoms with E-state index >= 15 is 0 Å². The predicted molar refractivity (Wildman–Crippen MR) is 90.3 cm³/mol. The minimum Gasteiger partial charge on any atom is -0.376 e. The fourth-order valence-corrected chi connectivity index (χ4v) is 3.09. The third-order valence-corrected chi connectivity index (χ3v) is 4.10. The van der Waals surface area contributed by atoms with Crippen LogP contribution in [0, 0.1) is 0 Å². The molecule has 4 heteroatoms. The molecule has 1 saturated heterocycles. The van der Waals surface area contributed by atoms with Crippen molar-refractivity contribution in [2.75, 3.05) is 24.6 Å². The Labute approximate surface area is 133 Å². The van der Waals surface area contributed by atoms with Crippen LogP contribution in [0.3, 0.4) is 0 Å². The van der Waals surface area contributed by atoms with Gasteiger partial charge >= 0.3 is 0 Å². The van der Waals surface area contributed by atoms with E-state index in [0.29, 0.717) is 6.10 Å². The van der Waals surface area contributed by atoms with E-state index in [2.05, 4.69) is 24.0 Å². The van der Waals surface area contributed by atoms with Gasteiger partial charge in [-0.2, -0.15) is 0 Å². The average Bonchev–Trinajstić information content (AvgIpc) is 2.47. The largest absolute Gasteiger partial charge is 0.376 e. The van der Waals surface area contributed by atoms with Crippen LogP contribution in [0.2, 0.25) is 5.02 Å². The van der Waals surface area contributed by atoms with Gasteiger partial charge in [-0.05, 0) is 50.3 Å². The molecule has 1 fully saturated rings. The minimum atomic E-state index is 0.154. The van der Waals surface area contributed by atoms with Crippen LogP contribution in [0.25, 0.3) is 0 Å². The van der Waals surface area contributed by atoms with Gasteiger partial charge < -0.3 is 15.4 Å². The molecular weight excluding hydrogens is 284 g/mol. The maximum atomic E-state index is 6.20. The number of hydrogen-bond donors (Lipinski definition) is 1. The van der Waals surface area contributed by atoms with E-state index in [1.165, 1.54) is 17.7 Å². The number of rotatable bonds is 6. The molecule has 1 aliphatic heterocycles. The SMILES string of the molecule is CCCOC1CCCN(c2cc(Cl)ccc2CC(C)N)C1. The Bertz CT molecular complexity index is 450. The monoisotopic (exact) mass is 310 g/mol. The second-order valence-corrected chi connectivity index (χ2v) is 6.47. The van der Waals surface area contributed by atoms with E-state index in [9.17, 15) is 0 Å². The molecule has 1 aromatic rings. The summed E-state index contributed by atoms with van der Waals surface area (Å²) in [7, 11) is 0. The maximum absolute atomic E-state index is 6.20. The van der Waals surface area contributed by atoms with Gasteiger partial charge in [-0.25, -0.2) is 0 Å². The molecule has 2 unspecified atom stereocenters. The first-order valence-corrected chi connectivity index (χ1v) is 8.38. The highest BCUT2D eigenvalue weighted by Crippen LogP contribution is 2.29. The van der Waals surface area contributed by atoms with Gasteiger partial charge in [-0.15, -0.1) is 0 Å². The summed E-state index contributed by atoms with van der Waals surface area (Å²) >= 11 is 6.20. The van der Waals surface area contributed by atoms with Crippen LogP contribution in [0.1, 0.15) is 38.7 Å². The molecule has 2 rings (SSSR count). The highest BCUT2D eigenvalue weighted by Gasteiger charge is 2.22. The Hall–Kier alpha value is -0.770. The van der Waals surface area contributed by atoms with Crippen molar-refractivity contribution in [2.24, 2.45) is 5.73 Å². The molecule has 0 saturated carbocycles. The predicted octanol–water partition coefficient (Wildman–Crippen LogP) is 3.63. The van der Waals surface area contributed by atoms with Gasteiger partial charge in [-0.3, -0.25) is 0 Å². The lowest BCUT2D eigenvalue weighted by Crippen LogP contribution is -2.40. The second kappa shape index (κ2) is 8.02. The summed E-state index contributed by atoms with van der Waals surface area (Å²) in [5.74, 6) is 0. The molecule has 1 heterocycles. The Kier molecular flexibility index (Phi) is 6.34. The van der Waals surface area contributed by atoms with Crippen LogP contribution in [-0.4, -0.2) is 31.8 Å². The quantitative estimate of drug-likeness (QED) is 0.872. The highest BCUT2D eigenvalue weighted by atomic mass is 35.5. The molecule has 2 atom stereocenters. The van der Waals surface area contributed by atoms with Crippen LogP contribution in [0.15, 0.2) is 18.2 Å². The van der Waals surface area contributed by atoms with Crippen molar-refractivity contribution in [3.8, 4) is 0 Å². The van der Waals surface area contributed by atoms with Gasteiger partial charge in [0, 0.05) is 36.4 Å². The lowest BCUT2D eigenvalue weighted by molar-refractivity contribution is 0.0440. The van der Waals surface area contributed by atoms with Gasteiger partial charge in [0.05, 0.1) is 6.10 Å². The standard InChI is InChI=1S/C17H27ClN2O/c1-3-9-21-16-5-4-8-20(12-16)17-11-15(18)7-6-14(17)10-13(2)19/h6-7,11,13,16H,3-5,8-10,12,19H2,1-2H3. The third kappa shape index (κ3) is 4.87. The summed E-state index contributed by atoms with van der Waals surface area (Å²) in [6.45, 7) is 7.06. The molecule has 21 heavy (non-hydrogen) atoms. The average molecular weight is 311 g/mol. The fraction of sp³-hybridized carbons (Fsp3) is 0.647. The van der Waals surface area contributed by atoms with Gasteiger partial charge in [0.1, 0.15) is 0 Å². The van der Waals surface area contributed by atoms with E-state index < -0.39 is 0 Å². The van der Waals surface area contributed by atoms with Gasteiger partial charge in [0.25, 0.3) is 0 Å². The van der Waals surface area contributed by atoms with Crippen molar-refractivity contribution in [3.63, 3.8) is 0 Å². The van der Waals surface area contributed by atoms with E-state index in [1.807, 2.05) is 13.0 Å². The molecule has 3 nitrogen and oxygen atoms in total. The smallest absolute Gasteiger partial charge is 0.0750 e. The van der Waals surface area contributed by atoms with Crippen molar-refractivity contribution in [2.45, 2.75) is 51.7 Å². The molecule has 0 bridgehead atoms. The molecule has 0 aromatic heterocycles. The van der Waals surface area contributed by atoms with Crippen molar-refractivity contribution >= 4 is 17.3 Å². The number of nitrogens with two attached hydrogens (primary N) is 1. The summed E-state index contributed by atoms with van der Waals surface area (Å²) in [6, 6.07) is 6.29. The van der Waals surface area contributed by atoms with E-state index in [4.69, 9.17) is 22.1 Å². The molecule has 0 radical (unpaired) electrons. The van der Waals surface area contributed by atoms with Crippen LogP contribution < -0.4 is 10.6 Å². The fourth-order valence-electron chi connectivity index (χ4n) is 2.93. The Balaban J connectivity index is 2.13. The molecule has 0 aliphatic carbocycles. The topological polar surface area (TPSA) is 38.5 Å². The number of ether oxygens (including phenoxy) is 1. The zero-order valence-corrected chi connectivity index (χ0v) is 13.9. The second-order valence-electron chi connectivity index (χ2n) is 6.04. The zero-order valence-electron chi connectivity index (χ0n) is 13.1. The van der Waals surface area contributed by atoms with Crippen molar-refractivity contribution in [3.05, 3.63) is 28.8 Å². The Morgan fingerprint density at radius 2 is 2.29 bits per heavy atom. The summed E-state index contributed by atoms with van der Waals surface area (Å²) in [6.07, 6.45) is 4.60. The number of halogens is 1. The molecule has 0 spiro atoms. The molecule has 0 amide bonds. The van der Waals surface area contributed by atoms with E-state index in [-0.39, 0.29) is 6.04 Å². The summed E-state index contributed by atoms with van der Waals surface area (Å²) < 4.78 is 5.94. The highest BCUT2D eigenvalue weighted by molar-refractivity contribution is 6.30. The molecule has 118 valence electrons. The molecular formula is C17H27ClN2O. The van der Waals surface area contributed by atoms with Crippen LogP contribution in [-0.2, 0) is 11.2 Å². The van der Waals surface area contributed by atoms with Crippen molar-refractivity contribution in [1.82, 2.24) is 0 Å².